The number of hydrogen-bond donors (Lipinski definition) is 3. The van der Waals surface area contributed by atoms with Crippen molar-refractivity contribution in [2.45, 2.75) is 18.9 Å². The maximum atomic E-state index is 10.1. The first-order valence-electron chi connectivity index (χ1n) is 7.29. The topological polar surface area (TPSA) is 60.7 Å². The highest BCUT2D eigenvalue weighted by molar-refractivity contribution is 5.76. The van der Waals surface area contributed by atoms with Gasteiger partial charge in [-0.3, -0.25) is 0 Å². The van der Waals surface area contributed by atoms with Crippen molar-refractivity contribution in [3.63, 3.8) is 0 Å². The molecule has 0 amide bonds. The zero-order valence-corrected chi connectivity index (χ0v) is 12.1. The molecule has 1 atom stereocenters. The highest BCUT2D eigenvalue weighted by Gasteiger charge is 2.12. The van der Waals surface area contributed by atoms with Crippen LogP contribution in [-0.2, 0) is 12.8 Å². The highest BCUT2D eigenvalue weighted by atomic mass is 16.3. The first-order chi connectivity index (χ1) is 10.6. The fourth-order valence-electron chi connectivity index (χ4n) is 2.64. The molecular weight excluding hydrogens is 276 g/mol. The van der Waals surface area contributed by atoms with E-state index in [0.717, 1.165) is 11.1 Å². The lowest BCUT2D eigenvalue weighted by Gasteiger charge is -2.12. The molecular formula is C19H18O3. The molecule has 2 aromatic rings. The predicted octanol–water partition coefficient (Wildman–Crippen LogP) is 3.34. The van der Waals surface area contributed by atoms with Crippen LogP contribution >= 0.6 is 0 Å². The Balaban J connectivity index is 2.17. The molecule has 0 saturated carbocycles. The van der Waals surface area contributed by atoms with Crippen LogP contribution in [0.1, 0.15) is 11.1 Å². The lowest BCUT2D eigenvalue weighted by molar-refractivity contribution is 0.224. The molecule has 0 saturated heterocycles. The molecule has 0 fully saturated rings. The van der Waals surface area contributed by atoms with Gasteiger partial charge in [0.25, 0.3) is 0 Å². The smallest absolute Gasteiger partial charge is 0.123 e. The molecule has 4 bridgehead atoms. The molecule has 3 rings (SSSR count). The Morgan fingerprint density at radius 2 is 1.45 bits per heavy atom. The Kier molecular flexibility index (Phi) is 3.98. The van der Waals surface area contributed by atoms with Crippen LogP contribution < -0.4 is 0 Å². The summed E-state index contributed by atoms with van der Waals surface area (Å²) in [5.74, 6) is 0.250. The SMILES string of the molecule is Oc1ccc2cc1-c1cc(ccc1O)CC(O)/C=C\C=C\C2. The van der Waals surface area contributed by atoms with Gasteiger partial charge < -0.3 is 15.3 Å². The largest absolute Gasteiger partial charge is 0.507 e. The van der Waals surface area contributed by atoms with Crippen molar-refractivity contribution in [1.29, 1.82) is 0 Å². The average Bonchev–Trinajstić information content (AvgIpc) is 2.50. The third-order valence-corrected chi connectivity index (χ3v) is 3.79. The number of aromatic hydroxyl groups is 2. The number of hydrogen-bond acceptors (Lipinski definition) is 3. The van der Waals surface area contributed by atoms with Crippen LogP contribution in [0.3, 0.4) is 0 Å². The minimum absolute atomic E-state index is 0.117. The predicted molar refractivity (Wildman–Crippen MR) is 86.9 cm³/mol. The van der Waals surface area contributed by atoms with Gasteiger partial charge in [-0.2, -0.15) is 0 Å². The van der Waals surface area contributed by atoms with Crippen LogP contribution in [0, 0.1) is 0 Å². The van der Waals surface area contributed by atoms with Crippen molar-refractivity contribution in [2.24, 2.45) is 0 Å². The van der Waals surface area contributed by atoms with Crippen LogP contribution in [0.5, 0.6) is 11.5 Å². The van der Waals surface area contributed by atoms with Crippen LogP contribution in [0.25, 0.3) is 11.1 Å². The molecule has 112 valence electrons. The zero-order chi connectivity index (χ0) is 15.5. The minimum Gasteiger partial charge on any atom is -0.507 e. The summed E-state index contributed by atoms with van der Waals surface area (Å²) in [6.45, 7) is 0. The second kappa shape index (κ2) is 6.08. The van der Waals surface area contributed by atoms with E-state index in [-0.39, 0.29) is 11.5 Å². The van der Waals surface area contributed by atoms with Gasteiger partial charge in [-0.1, -0.05) is 36.4 Å². The van der Waals surface area contributed by atoms with Gasteiger partial charge in [0.15, 0.2) is 0 Å². The number of phenolic OH excluding ortho intramolecular Hbond substituents is 2. The van der Waals surface area contributed by atoms with Gasteiger partial charge in [0.05, 0.1) is 6.10 Å². The molecule has 2 aromatic carbocycles. The normalized spacial score (nSPS) is 20.3. The molecule has 1 aliphatic rings. The Bertz CT molecular complexity index is 744. The number of allylic oxidation sites excluding steroid dienone is 3. The van der Waals surface area contributed by atoms with Crippen molar-refractivity contribution < 1.29 is 15.3 Å². The molecule has 0 aromatic heterocycles. The number of fused-ring (bicyclic) bond motifs is 5. The molecule has 1 unspecified atom stereocenters. The van der Waals surface area contributed by atoms with Crippen molar-refractivity contribution in [2.75, 3.05) is 0 Å². The molecule has 3 N–H and O–H groups in total. The number of rotatable bonds is 0. The first kappa shape index (κ1) is 14.4. The van der Waals surface area contributed by atoms with Crippen molar-refractivity contribution in [3.8, 4) is 22.6 Å². The van der Waals surface area contributed by atoms with Crippen LogP contribution in [-0.4, -0.2) is 21.4 Å². The second-order valence-electron chi connectivity index (χ2n) is 5.49. The maximum Gasteiger partial charge on any atom is 0.123 e. The summed E-state index contributed by atoms with van der Waals surface area (Å²) < 4.78 is 0. The van der Waals surface area contributed by atoms with Gasteiger partial charge in [0.2, 0.25) is 0 Å². The summed E-state index contributed by atoms with van der Waals surface area (Å²) >= 11 is 0. The molecule has 3 nitrogen and oxygen atoms in total. The molecule has 1 aliphatic carbocycles. The molecule has 3 heteroatoms. The van der Waals surface area contributed by atoms with E-state index < -0.39 is 6.10 Å². The summed E-state index contributed by atoms with van der Waals surface area (Å²) in [4.78, 5) is 0. The fraction of sp³-hybridized carbons (Fsp3) is 0.158. The Morgan fingerprint density at radius 3 is 2.18 bits per heavy atom. The number of phenols is 2. The first-order valence-corrected chi connectivity index (χ1v) is 7.29. The summed E-state index contributed by atoms with van der Waals surface area (Å²) in [6, 6.07) is 10.6. The van der Waals surface area contributed by atoms with E-state index in [4.69, 9.17) is 0 Å². The van der Waals surface area contributed by atoms with E-state index in [2.05, 4.69) is 0 Å². The Morgan fingerprint density at radius 1 is 0.818 bits per heavy atom. The maximum absolute atomic E-state index is 10.1. The van der Waals surface area contributed by atoms with Gasteiger partial charge in [-0.05, 0) is 41.8 Å². The molecule has 0 aliphatic heterocycles. The second-order valence-corrected chi connectivity index (χ2v) is 5.49. The van der Waals surface area contributed by atoms with Crippen molar-refractivity contribution in [3.05, 3.63) is 71.8 Å². The third-order valence-electron chi connectivity index (χ3n) is 3.79. The Labute approximate surface area is 129 Å². The van der Waals surface area contributed by atoms with E-state index in [1.165, 1.54) is 0 Å². The van der Waals surface area contributed by atoms with Crippen LogP contribution in [0.4, 0.5) is 0 Å². The molecule has 22 heavy (non-hydrogen) atoms. The van der Waals surface area contributed by atoms with Crippen molar-refractivity contribution in [1.82, 2.24) is 0 Å². The summed E-state index contributed by atoms with van der Waals surface area (Å²) in [5, 5.41) is 30.3. The van der Waals surface area contributed by atoms with E-state index in [1.807, 2.05) is 36.4 Å². The van der Waals surface area contributed by atoms with E-state index in [1.54, 1.807) is 24.3 Å². The molecule has 0 radical (unpaired) electrons. The van der Waals surface area contributed by atoms with Gasteiger partial charge in [0, 0.05) is 17.5 Å². The van der Waals surface area contributed by atoms with E-state index in [9.17, 15) is 15.3 Å². The van der Waals surface area contributed by atoms with Gasteiger partial charge in [0.1, 0.15) is 11.5 Å². The van der Waals surface area contributed by atoms with Crippen LogP contribution in [0.2, 0.25) is 0 Å². The summed E-state index contributed by atoms with van der Waals surface area (Å²) in [5.41, 5.74) is 3.13. The number of benzene rings is 2. The molecule has 0 heterocycles. The van der Waals surface area contributed by atoms with E-state index >= 15 is 0 Å². The van der Waals surface area contributed by atoms with Gasteiger partial charge in [-0.25, -0.2) is 0 Å². The van der Waals surface area contributed by atoms with E-state index in [0.29, 0.717) is 24.0 Å². The molecule has 0 spiro atoms. The third kappa shape index (κ3) is 3.05. The Hall–Kier alpha value is -2.52. The fourth-order valence-corrected chi connectivity index (χ4v) is 2.64. The summed E-state index contributed by atoms with van der Waals surface area (Å²) in [7, 11) is 0. The van der Waals surface area contributed by atoms with Crippen molar-refractivity contribution >= 4 is 0 Å². The lowest BCUT2D eigenvalue weighted by Crippen LogP contribution is -2.06. The standard InChI is InChI=1S/C19H18O3/c20-15-5-3-1-2-4-13-6-8-18(21)16(11-13)17-12-14(10-15)7-9-19(17)22/h1-3,5-9,11-12,15,20-22H,4,10H2/b2-1+,5-3-. The monoisotopic (exact) mass is 294 g/mol. The van der Waals surface area contributed by atoms with Gasteiger partial charge >= 0.3 is 0 Å². The average molecular weight is 294 g/mol. The van der Waals surface area contributed by atoms with Gasteiger partial charge in [-0.15, -0.1) is 0 Å². The summed E-state index contributed by atoms with van der Waals surface area (Å²) in [6.07, 6.45) is 8.07. The lowest BCUT2D eigenvalue weighted by atomic mass is 9.96. The zero-order valence-electron chi connectivity index (χ0n) is 12.1. The van der Waals surface area contributed by atoms with Crippen LogP contribution in [0.15, 0.2) is 60.7 Å². The minimum atomic E-state index is -0.584. The number of aliphatic hydroxyl groups excluding tert-OH is 1. The number of aliphatic hydroxyl groups is 1. The quantitative estimate of drug-likeness (QED) is 0.698. The highest BCUT2D eigenvalue weighted by Crippen LogP contribution is 2.37.